The van der Waals surface area contributed by atoms with Crippen molar-refractivity contribution in [1.29, 1.82) is 0 Å². The summed E-state index contributed by atoms with van der Waals surface area (Å²) in [6, 6.07) is 0.135. The van der Waals surface area contributed by atoms with Crippen molar-refractivity contribution < 1.29 is 4.74 Å². The van der Waals surface area contributed by atoms with E-state index in [1.807, 2.05) is 11.6 Å². The van der Waals surface area contributed by atoms with Gasteiger partial charge in [-0.05, 0) is 13.0 Å². The van der Waals surface area contributed by atoms with Crippen LogP contribution >= 0.6 is 11.3 Å². The molecule has 0 aromatic carbocycles. The van der Waals surface area contributed by atoms with Gasteiger partial charge in [-0.3, -0.25) is 16.2 Å². The molecule has 1 aliphatic heterocycles. The molecule has 0 amide bonds. The summed E-state index contributed by atoms with van der Waals surface area (Å²) < 4.78 is 5.85. The van der Waals surface area contributed by atoms with Crippen LogP contribution in [0.3, 0.4) is 0 Å². The Morgan fingerprint density at radius 3 is 3.28 bits per heavy atom. The molecule has 1 aliphatic rings. The highest BCUT2D eigenvalue weighted by atomic mass is 32.1. The fourth-order valence-electron chi connectivity index (χ4n) is 2.33. The van der Waals surface area contributed by atoms with Gasteiger partial charge in [0.15, 0.2) is 0 Å². The number of hydrazine groups is 1. The highest BCUT2D eigenvalue weighted by molar-refractivity contribution is 7.09. The van der Waals surface area contributed by atoms with Crippen molar-refractivity contribution >= 4 is 11.3 Å². The van der Waals surface area contributed by atoms with Gasteiger partial charge in [0.2, 0.25) is 0 Å². The van der Waals surface area contributed by atoms with Crippen LogP contribution in [0.5, 0.6) is 0 Å². The Kier molecular flexibility index (Phi) is 5.52. The molecule has 1 fully saturated rings. The lowest BCUT2D eigenvalue weighted by Crippen LogP contribution is -2.54. The monoisotopic (exact) mass is 270 g/mol. The van der Waals surface area contributed by atoms with Crippen molar-refractivity contribution in [2.45, 2.75) is 31.9 Å². The molecule has 0 saturated carbocycles. The normalized spacial score (nSPS) is 23.1. The summed E-state index contributed by atoms with van der Waals surface area (Å²) >= 11 is 1.67. The topological polar surface area (TPSA) is 63.4 Å². The third kappa shape index (κ3) is 3.73. The summed E-state index contributed by atoms with van der Waals surface area (Å²) in [5.41, 5.74) is 2.89. The number of nitrogens with two attached hydrogens (primary N) is 1. The lowest BCUT2D eigenvalue weighted by atomic mass is 10.1. The Morgan fingerprint density at radius 2 is 2.61 bits per heavy atom. The first-order chi connectivity index (χ1) is 8.83. The molecule has 0 bridgehead atoms. The third-order valence-electron chi connectivity index (χ3n) is 3.26. The van der Waals surface area contributed by atoms with E-state index in [9.17, 15) is 0 Å². The molecule has 0 radical (unpaired) electrons. The first-order valence-corrected chi connectivity index (χ1v) is 7.40. The number of nitrogens with one attached hydrogen (secondary N) is 1. The van der Waals surface area contributed by atoms with Gasteiger partial charge in [-0.2, -0.15) is 0 Å². The molecule has 1 aromatic rings. The average Bonchev–Trinajstić information content (AvgIpc) is 2.89. The minimum atomic E-state index is 0.135. The predicted octanol–water partition coefficient (Wildman–Crippen LogP) is 0.628. The largest absolute Gasteiger partial charge is 0.374 e. The van der Waals surface area contributed by atoms with Gasteiger partial charge in [0, 0.05) is 31.1 Å². The van der Waals surface area contributed by atoms with Crippen LogP contribution in [-0.2, 0) is 11.2 Å². The first kappa shape index (κ1) is 13.9. The lowest BCUT2D eigenvalue weighted by Gasteiger charge is -2.36. The van der Waals surface area contributed by atoms with E-state index in [4.69, 9.17) is 10.6 Å². The van der Waals surface area contributed by atoms with Crippen LogP contribution in [-0.4, -0.2) is 48.3 Å². The Hall–Kier alpha value is -0.530. The van der Waals surface area contributed by atoms with E-state index in [0.717, 1.165) is 37.7 Å². The van der Waals surface area contributed by atoms with Gasteiger partial charge in [-0.1, -0.05) is 6.92 Å². The molecule has 2 unspecified atom stereocenters. The van der Waals surface area contributed by atoms with Crippen molar-refractivity contribution in [2.75, 3.05) is 26.2 Å². The summed E-state index contributed by atoms with van der Waals surface area (Å²) in [6.07, 6.45) is 4.00. The van der Waals surface area contributed by atoms with Crippen molar-refractivity contribution in [1.82, 2.24) is 15.3 Å². The van der Waals surface area contributed by atoms with Crippen molar-refractivity contribution in [3.63, 3.8) is 0 Å². The van der Waals surface area contributed by atoms with Crippen LogP contribution in [0.25, 0.3) is 0 Å². The number of nitrogens with zero attached hydrogens (tertiary/aromatic N) is 2. The molecule has 18 heavy (non-hydrogen) atoms. The van der Waals surface area contributed by atoms with Crippen LogP contribution in [0, 0.1) is 0 Å². The fourth-order valence-corrected chi connectivity index (χ4v) is 3.01. The molecule has 3 N–H and O–H groups in total. The maximum absolute atomic E-state index is 5.85. The molecule has 2 rings (SSSR count). The van der Waals surface area contributed by atoms with Gasteiger partial charge in [-0.25, -0.2) is 4.98 Å². The van der Waals surface area contributed by atoms with Gasteiger partial charge in [0.05, 0.1) is 23.8 Å². The second-order valence-electron chi connectivity index (χ2n) is 4.61. The zero-order chi connectivity index (χ0) is 12.8. The van der Waals surface area contributed by atoms with Gasteiger partial charge in [0.1, 0.15) is 0 Å². The first-order valence-electron chi connectivity index (χ1n) is 6.52. The highest BCUT2D eigenvalue weighted by Gasteiger charge is 2.27. The second-order valence-corrected chi connectivity index (χ2v) is 5.59. The zero-order valence-electron chi connectivity index (χ0n) is 10.8. The molecule has 2 heterocycles. The van der Waals surface area contributed by atoms with E-state index < -0.39 is 0 Å². The number of hydrogen-bond donors (Lipinski definition) is 2. The summed E-state index contributed by atoms with van der Waals surface area (Å²) in [5.74, 6) is 5.67. The maximum atomic E-state index is 5.85. The maximum Gasteiger partial charge on any atom is 0.0941 e. The number of hydrogen-bond acceptors (Lipinski definition) is 6. The smallest absolute Gasteiger partial charge is 0.0941 e. The van der Waals surface area contributed by atoms with E-state index in [-0.39, 0.29) is 12.1 Å². The van der Waals surface area contributed by atoms with Crippen molar-refractivity contribution in [3.8, 4) is 0 Å². The fraction of sp³-hybridized carbons (Fsp3) is 0.750. The third-order valence-corrected chi connectivity index (χ3v) is 4.06. The predicted molar refractivity (Wildman–Crippen MR) is 73.4 cm³/mol. The van der Waals surface area contributed by atoms with E-state index in [1.54, 1.807) is 11.3 Å². The quantitative estimate of drug-likeness (QED) is 0.586. The zero-order valence-corrected chi connectivity index (χ0v) is 11.7. The van der Waals surface area contributed by atoms with Crippen LogP contribution in [0.2, 0.25) is 0 Å². The Morgan fingerprint density at radius 1 is 1.72 bits per heavy atom. The molecule has 102 valence electrons. The molecule has 1 saturated heterocycles. The van der Waals surface area contributed by atoms with Gasteiger partial charge >= 0.3 is 0 Å². The van der Waals surface area contributed by atoms with Crippen LogP contribution in [0.15, 0.2) is 11.6 Å². The van der Waals surface area contributed by atoms with E-state index in [0.29, 0.717) is 0 Å². The minimum absolute atomic E-state index is 0.135. The standard InChI is InChI=1S/C12H22N4OS/c1-2-4-16-5-6-17-11(9-16)10(15-13)8-12-14-3-7-18-12/h3,7,10-11,15H,2,4-6,8-9,13H2,1H3. The molecule has 6 heteroatoms. The van der Waals surface area contributed by atoms with Crippen molar-refractivity contribution in [2.24, 2.45) is 5.84 Å². The lowest BCUT2D eigenvalue weighted by molar-refractivity contribution is -0.0462. The Bertz CT molecular complexity index is 331. The molecule has 5 nitrogen and oxygen atoms in total. The van der Waals surface area contributed by atoms with Crippen LogP contribution < -0.4 is 11.3 Å². The van der Waals surface area contributed by atoms with Crippen molar-refractivity contribution in [3.05, 3.63) is 16.6 Å². The molecule has 0 spiro atoms. The molecule has 1 aromatic heterocycles. The van der Waals surface area contributed by atoms with Crippen LogP contribution in [0.1, 0.15) is 18.4 Å². The second kappa shape index (κ2) is 7.16. The van der Waals surface area contributed by atoms with E-state index >= 15 is 0 Å². The van der Waals surface area contributed by atoms with E-state index in [2.05, 4.69) is 22.2 Å². The molecule has 2 atom stereocenters. The summed E-state index contributed by atoms with van der Waals surface area (Å²) in [5, 5.41) is 3.10. The number of aromatic nitrogens is 1. The highest BCUT2D eigenvalue weighted by Crippen LogP contribution is 2.14. The number of morpholine rings is 1. The Balaban J connectivity index is 1.90. The summed E-state index contributed by atoms with van der Waals surface area (Å²) in [6.45, 7) is 6.11. The molecular formula is C12H22N4OS. The summed E-state index contributed by atoms with van der Waals surface area (Å²) in [7, 11) is 0. The minimum Gasteiger partial charge on any atom is -0.374 e. The van der Waals surface area contributed by atoms with Gasteiger partial charge < -0.3 is 4.74 Å². The van der Waals surface area contributed by atoms with Gasteiger partial charge in [-0.15, -0.1) is 11.3 Å². The van der Waals surface area contributed by atoms with Crippen LogP contribution in [0.4, 0.5) is 0 Å². The number of ether oxygens (including phenoxy) is 1. The molecular weight excluding hydrogens is 248 g/mol. The number of thiazole rings is 1. The van der Waals surface area contributed by atoms with E-state index in [1.165, 1.54) is 6.42 Å². The Labute approximate surface area is 112 Å². The van der Waals surface area contributed by atoms with Gasteiger partial charge in [0.25, 0.3) is 0 Å². The average molecular weight is 270 g/mol. The summed E-state index contributed by atoms with van der Waals surface area (Å²) in [4.78, 5) is 6.75. The SMILES string of the molecule is CCCN1CCOC(C(Cc2nccs2)NN)C1. The molecule has 0 aliphatic carbocycles. The number of rotatable bonds is 6.